The molecule has 0 aromatic heterocycles. The minimum atomic E-state index is 0.0718. The molecule has 0 fully saturated rings. The van der Waals surface area contributed by atoms with E-state index in [1.54, 1.807) is 6.20 Å². The van der Waals surface area contributed by atoms with Crippen LogP contribution < -0.4 is 10.6 Å². The summed E-state index contributed by atoms with van der Waals surface area (Å²) in [6, 6.07) is 0. The number of Topliss-reactive ketones (excluding diaryl/α,β-unsaturated/α-hetero) is 1. The van der Waals surface area contributed by atoms with Crippen LogP contribution >= 0.6 is 12.2 Å². The molecule has 1 aliphatic rings. The normalized spacial score (nSPS) is 16.9. The Hall–Kier alpha value is -0.900. The molecule has 0 saturated carbocycles. The smallest absolute Gasteiger partial charge is 0.170 e. The first-order chi connectivity index (χ1) is 4.70. The molecule has 0 radical (unpaired) electrons. The Morgan fingerprint density at radius 3 is 2.90 bits per heavy atom. The molecule has 0 aromatic rings. The van der Waals surface area contributed by atoms with E-state index in [0.717, 1.165) is 5.57 Å². The van der Waals surface area contributed by atoms with Crippen molar-refractivity contribution in [3.63, 3.8) is 0 Å². The van der Waals surface area contributed by atoms with Gasteiger partial charge in [-0.05, 0) is 19.1 Å². The molecule has 0 aliphatic carbocycles. The molecular formula is C6H8N2OS. The van der Waals surface area contributed by atoms with E-state index in [0.29, 0.717) is 11.7 Å². The van der Waals surface area contributed by atoms with E-state index in [4.69, 9.17) is 12.2 Å². The molecule has 0 amide bonds. The number of carbonyl (C=O) groups is 1. The zero-order valence-corrected chi connectivity index (χ0v) is 6.42. The van der Waals surface area contributed by atoms with Gasteiger partial charge >= 0.3 is 0 Å². The molecule has 4 heteroatoms. The zero-order valence-electron chi connectivity index (χ0n) is 5.60. The minimum absolute atomic E-state index is 0.0718. The largest absolute Gasteiger partial charge is 0.358 e. The highest BCUT2D eigenvalue weighted by molar-refractivity contribution is 7.80. The van der Waals surface area contributed by atoms with Crippen molar-refractivity contribution >= 4 is 23.1 Å². The molecule has 0 saturated heterocycles. The summed E-state index contributed by atoms with van der Waals surface area (Å²) in [5.74, 6) is 0.0718. The lowest BCUT2D eigenvalue weighted by molar-refractivity contribution is -0.113. The lowest BCUT2D eigenvalue weighted by atomic mass is 10.2. The molecule has 1 aliphatic heterocycles. The summed E-state index contributed by atoms with van der Waals surface area (Å²) in [5, 5.41) is 6.17. The van der Waals surface area contributed by atoms with Crippen LogP contribution in [-0.2, 0) is 4.79 Å². The predicted octanol–water partition coefficient (Wildman–Crippen LogP) is -0.0630. The fourth-order valence-corrected chi connectivity index (χ4v) is 0.787. The lowest BCUT2D eigenvalue weighted by Gasteiger charge is -2.14. The maximum Gasteiger partial charge on any atom is 0.170 e. The summed E-state index contributed by atoms with van der Waals surface area (Å²) in [4.78, 5) is 10.7. The molecule has 0 unspecified atom stereocenters. The highest BCUT2D eigenvalue weighted by Crippen LogP contribution is 1.95. The molecule has 0 atom stereocenters. The number of carbonyl (C=O) groups excluding carboxylic acids is 1. The van der Waals surface area contributed by atoms with Crippen molar-refractivity contribution in [2.75, 3.05) is 6.54 Å². The van der Waals surface area contributed by atoms with Crippen LogP contribution in [0.2, 0.25) is 0 Å². The first kappa shape index (κ1) is 7.21. The highest BCUT2D eigenvalue weighted by Gasteiger charge is 2.08. The summed E-state index contributed by atoms with van der Waals surface area (Å²) in [6.45, 7) is 2.07. The Bertz CT molecular complexity index is 210. The average Bonchev–Trinajstić information content (AvgIpc) is 1.88. The van der Waals surface area contributed by atoms with Gasteiger partial charge in [0.05, 0.1) is 0 Å². The van der Waals surface area contributed by atoms with Gasteiger partial charge in [0.25, 0.3) is 0 Å². The van der Waals surface area contributed by atoms with Gasteiger partial charge in [0.15, 0.2) is 10.9 Å². The van der Waals surface area contributed by atoms with E-state index in [1.807, 2.05) is 0 Å². The van der Waals surface area contributed by atoms with Crippen molar-refractivity contribution in [1.29, 1.82) is 0 Å². The highest BCUT2D eigenvalue weighted by atomic mass is 32.1. The van der Waals surface area contributed by atoms with E-state index < -0.39 is 0 Å². The van der Waals surface area contributed by atoms with E-state index in [1.165, 1.54) is 6.92 Å². The monoisotopic (exact) mass is 156 g/mol. The van der Waals surface area contributed by atoms with Gasteiger partial charge < -0.3 is 10.6 Å². The van der Waals surface area contributed by atoms with Crippen LogP contribution in [-0.4, -0.2) is 17.4 Å². The number of hydrogen-bond acceptors (Lipinski definition) is 2. The van der Waals surface area contributed by atoms with E-state index in [-0.39, 0.29) is 5.78 Å². The second kappa shape index (κ2) is 2.79. The Labute approximate surface area is 64.5 Å². The van der Waals surface area contributed by atoms with Crippen LogP contribution in [0.1, 0.15) is 6.92 Å². The van der Waals surface area contributed by atoms with Gasteiger partial charge in [0.1, 0.15) is 0 Å². The quantitative estimate of drug-likeness (QED) is 0.522. The van der Waals surface area contributed by atoms with Crippen LogP contribution in [0, 0.1) is 0 Å². The van der Waals surface area contributed by atoms with Crippen LogP contribution in [0.25, 0.3) is 0 Å². The van der Waals surface area contributed by atoms with E-state index >= 15 is 0 Å². The van der Waals surface area contributed by atoms with Crippen LogP contribution in [0.4, 0.5) is 0 Å². The first-order valence-electron chi connectivity index (χ1n) is 2.94. The molecule has 0 aromatic carbocycles. The number of rotatable bonds is 1. The van der Waals surface area contributed by atoms with Gasteiger partial charge in [-0.25, -0.2) is 0 Å². The Morgan fingerprint density at radius 2 is 2.50 bits per heavy atom. The third kappa shape index (κ3) is 1.54. The zero-order chi connectivity index (χ0) is 7.56. The number of hydrogen-bond donors (Lipinski definition) is 2. The summed E-state index contributed by atoms with van der Waals surface area (Å²) < 4.78 is 0. The predicted molar refractivity (Wildman–Crippen MR) is 42.5 cm³/mol. The van der Waals surface area contributed by atoms with Gasteiger partial charge in [-0.1, -0.05) is 0 Å². The SMILES string of the molecule is CC(=O)C1=CNC(=S)NC1. The molecule has 2 N–H and O–H groups in total. The average molecular weight is 156 g/mol. The fraction of sp³-hybridized carbons (Fsp3) is 0.333. The minimum Gasteiger partial charge on any atom is -0.358 e. The second-order valence-corrected chi connectivity index (χ2v) is 2.46. The molecule has 10 heavy (non-hydrogen) atoms. The fourth-order valence-electron chi connectivity index (χ4n) is 0.656. The summed E-state index contributed by atoms with van der Waals surface area (Å²) >= 11 is 4.77. The first-order valence-corrected chi connectivity index (χ1v) is 3.35. The third-order valence-corrected chi connectivity index (χ3v) is 1.53. The molecule has 1 rings (SSSR count). The molecule has 0 bridgehead atoms. The van der Waals surface area contributed by atoms with Crippen molar-refractivity contribution in [2.45, 2.75) is 6.92 Å². The number of nitrogens with one attached hydrogen (secondary N) is 2. The van der Waals surface area contributed by atoms with Crippen LogP contribution in [0.15, 0.2) is 11.8 Å². The summed E-state index contributed by atoms with van der Waals surface area (Å²) in [6.07, 6.45) is 1.64. The second-order valence-electron chi connectivity index (χ2n) is 2.05. The van der Waals surface area contributed by atoms with Crippen molar-refractivity contribution in [2.24, 2.45) is 0 Å². The van der Waals surface area contributed by atoms with Gasteiger partial charge in [-0.3, -0.25) is 4.79 Å². The summed E-state index contributed by atoms with van der Waals surface area (Å²) in [7, 11) is 0. The number of ketones is 1. The van der Waals surface area contributed by atoms with Gasteiger partial charge in [0.2, 0.25) is 0 Å². The van der Waals surface area contributed by atoms with E-state index in [9.17, 15) is 4.79 Å². The topological polar surface area (TPSA) is 41.1 Å². The van der Waals surface area contributed by atoms with Gasteiger partial charge in [-0.2, -0.15) is 0 Å². The molecular weight excluding hydrogens is 148 g/mol. The van der Waals surface area contributed by atoms with Crippen molar-refractivity contribution in [3.05, 3.63) is 11.8 Å². The molecule has 54 valence electrons. The lowest BCUT2D eigenvalue weighted by Crippen LogP contribution is -2.39. The van der Waals surface area contributed by atoms with Gasteiger partial charge in [-0.15, -0.1) is 0 Å². The maximum absolute atomic E-state index is 10.7. The molecule has 0 spiro atoms. The molecule has 1 heterocycles. The van der Waals surface area contributed by atoms with Crippen molar-refractivity contribution in [3.8, 4) is 0 Å². The maximum atomic E-state index is 10.7. The van der Waals surface area contributed by atoms with Crippen LogP contribution in [0.5, 0.6) is 0 Å². The van der Waals surface area contributed by atoms with Crippen LogP contribution in [0.3, 0.4) is 0 Å². The van der Waals surface area contributed by atoms with Gasteiger partial charge in [0, 0.05) is 18.3 Å². The van der Waals surface area contributed by atoms with E-state index in [2.05, 4.69) is 10.6 Å². The van der Waals surface area contributed by atoms with Crippen molar-refractivity contribution in [1.82, 2.24) is 10.6 Å². The van der Waals surface area contributed by atoms with Crippen molar-refractivity contribution < 1.29 is 4.79 Å². The Morgan fingerprint density at radius 1 is 1.80 bits per heavy atom. The Kier molecular flexibility index (Phi) is 2.01. The third-order valence-electron chi connectivity index (χ3n) is 1.27. The number of thiocarbonyl (C=S) groups is 1. The molecule has 3 nitrogen and oxygen atoms in total. The Balaban J connectivity index is 2.65. The summed E-state index contributed by atoms with van der Waals surface area (Å²) in [5.41, 5.74) is 0.730. The standard InChI is InChI=1S/C6H8N2OS/c1-4(9)5-2-7-6(10)8-3-5/h2H,3H2,1H3,(H2,7,8,10).